The Bertz CT molecular complexity index is 561. The highest BCUT2D eigenvalue weighted by Gasteiger charge is 2.21. The van der Waals surface area contributed by atoms with Crippen molar-refractivity contribution in [2.24, 2.45) is 0 Å². The molecule has 1 aromatic rings. The van der Waals surface area contributed by atoms with Gasteiger partial charge in [-0.2, -0.15) is 0 Å². The Morgan fingerprint density at radius 3 is 2.75 bits per heavy atom. The minimum atomic E-state index is -3.68. The summed E-state index contributed by atoms with van der Waals surface area (Å²) in [7, 11) is -4.73. The predicted molar refractivity (Wildman–Crippen MR) is 81.7 cm³/mol. The molecule has 2 unspecified atom stereocenters. The van der Waals surface area contributed by atoms with Gasteiger partial charge in [0.25, 0.3) is 0 Å². The Labute approximate surface area is 122 Å². The minimum Gasteiger partial charge on any atom is -0.369 e. The molecule has 0 aliphatic rings. The fourth-order valence-electron chi connectivity index (χ4n) is 1.70. The fourth-order valence-corrected chi connectivity index (χ4v) is 3.97. The van der Waals surface area contributed by atoms with Crippen LogP contribution in [-0.4, -0.2) is 42.2 Å². The van der Waals surface area contributed by atoms with E-state index in [9.17, 15) is 12.6 Å². The molecule has 0 radical (unpaired) electrons. The van der Waals surface area contributed by atoms with Gasteiger partial charge >= 0.3 is 0 Å². The zero-order chi connectivity index (χ0) is 15.2. The van der Waals surface area contributed by atoms with E-state index in [1.165, 1.54) is 6.07 Å². The van der Waals surface area contributed by atoms with Gasteiger partial charge in [0.1, 0.15) is 10.7 Å². The lowest BCUT2D eigenvalue weighted by molar-refractivity contribution is 0.570. The van der Waals surface area contributed by atoms with Gasteiger partial charge in [0.05, 0.1) is 0 Å². The third-order valence-corrected chi connectivity index (χ3v) is 5.03. The number of rotatable bonds is 8. The molecule has 0 bridgehead atoms. The van der Waals surface area contributed by atoms with E-state index in [-0.39, 0.29) is 10.6 Å². The first-order chi connectivity index (χ1) is 9.36. The zero-order valence-corrected chi connectivity index (χ0v) is 13.6. The van der Waals surface area contributed by atoms with Crippen molar-refractivity contribution in [2.45, 2.75) is 31.2 Å². The van der Waals surface area contributed by atoms with Crippen LogP contribution < -0.4 is 10.0 Å². The standard InChI is InChI=1S/C12H21N3O3S2/c1-4-7-13-12-11(6-5-8-14-12)20(17,18)15-10(2)9-19(3)16/h5-6,8,10,15H,4,7,9H2,1-3H3,(H,13,14). The maximum atomic E-state index is 12.3. The van der Waals surface area contributed by atoms with Crippen LogP contribution in [0.15, 0.2) is 23.2 Å². The minimum absolute atomic E-state index is 0.113. The first-order valence-electron chi connectivity index (χ1n) is 6.38. The molecular weight excluding hydrogens is 298 g/mol. The van der Waals surface area contributed by atoms with Gasteiger partial charge in [0, 0.05) is 41.6 Å². The summed E-state index contributed by atoms with van der Waals surface area (Å²) < 4.78 is 38.3. The van der Waals surface area contributed by atoms with Crippen molar-refractivity contribution in [2.75, 3.05) is 23.9 Å². The van der Waals surface area contributed by atoms with Crippen molar-refractivity contribution < 1.29 is 12.6 Å². The zero-order valence-electron chi connectivity index (χ0n) is 11.9. The molecule has 0 amide bonds. The molecule has 0 saturated carbocycles. The van der Waals surface area contributed by atoms with Crippen LogP contribution in [0.2, 0.25) is 0 Å². The third kappa shape index (κ3) is 5.18. The number of hydrogen-bond donors (Lipinski definition) is 2. The Hall–Kier alpha value is -0.990. The van der Waals surface area contributed by atoms with Gasteiger partial charge in [-0.1, -0.05) is 6.92 Å². The molecule has 0 aromatic carbocycles. The molecule has 2 N–H and O–H groups in total. The van der Waals surface area contributed by atoms with Gasteiger partial charge in [-0.25, -0.2) is 18.1 Å². The van der Waals surface area contributed by atoms with Crippen molar-refractivity contribution in [3.8, 4) is 0 Å². The Balaban J connectivity index is 2.94. The molecular formula is C12H21N3O3S2. The highest BCUT2D eigenvalue weighted by atomic mass is 32.2. The number of anilines is 1. The highest BCUT2D eigenvalue weighted by molar-refractivity contribution is 7.89. The van der Waals surface area contributed by atoms with Gasteiger partial charge < -0.3 is 5.32 Å². The van der Waals surface area contributed by atoms with E-state index >= 15 is 0 Å². The second-order valence-corrected chi connectivity index (χ2v) is 7.70. The van der Waals surface area contributed by atoms with Gasteiger partial charge in [-0.05, 0) is 25.5 Å². The van der Waals surface area contributed by atoms with Gasteiger partial charge in [0.15, 0.2) is 0 Å². The molecule has 0 aliphatic carbocycles. The molecule has 0 saturated heterocycles. The summed E-state index contributed by atoms with van der Waals surface area (Å²) in [6.07, 6.45) is 3.96. The normalized spacial score (nSPS) is 14.8. The van der Waals surface area contributed by atoms with Crippen LogP contribution >= 0.6 is 0 Å². The molecule has 1 aromatic heterocycles. The molecule has 114 valence electrons. The summed E-state index contributed by atoms with van der Waals surface area (Å²) in [6.45, 7) is 4.32. The van der Waals surface area contributed by atoms with E-state index in [0.717, 1.165) is 6.42 Å². The topological polar surface area (TPSA) is 88.2 Å². The molecule has 1 rings (SSSR count). The van der Waals surface area contributed by atoms with E-state index in [2.05, 4.69) is 15.0 Å². The summed E-state index contributed by atoms with van der Waals surface area (Å²) in [6, 6.07) is 2.68. The third-order valence-electron chi connectivity index (χ3n) is 2.44. The SMILES string of the molecule is CCCNc1ncccc1S(=O)(=O)NC(C)CS(C)=O. The van der Waals surface area contributed by atoms with Crippen LogP contribution in [0.5, 0.6) is 0 Å². The van der Waals surface area contributed by atoms with Crippen LogP contribution in [-0.2, 0) is 20.8 Å². The number of nitrogens with zero attached hydrogens (tertiary/aromatic N) is 1. The van der Waals surface area contributed by atoms with Crippen molar-refractivity contribution in [1.29, 1.82) is 0 Å². The van der Waals surface area contributed by atoms with Crippen molar-refractivity contribution in [3.05, 3.63) is 18.3 Å². The van der Waals surface area contributed by atoms with Crippen LogP contribution in [0.25, 0.3) is 0 Å². The predicted octanol–water partition coefficient (Wildman–Crippen LogP) is 0.949. The quantitative estimate of drug-likeness (QED) is 0.745. The van der Waals surface area contributed by atoms with Crippen LogP contribution in [0, 0.1) is 0 Å². The number of sulfonamides is 1. The smallest absolute Gasteiger partial charge is 0.244 e. The Kier molecular flexibility index (Phi) is 6.57. The second-order valence-electron chi connectivity index (χ2n) is 4.54. The van der Waals surface area contributed by atoms with Crippen molar-refractivity contribution in [1.82, 2.24) is 9.71 Å². The molecule has 1 heterocycles. The largest absolute Gasteiger partial charge is 0.369 e. The lowest BCUT2D eigenvalue weighted by Crippen LogP contribution is -2.36. The van der Waals surface area contributed by atoms with Gasteiger partial charge in [-0.15, -0.1) is 0 Å². The molecule has 6 nitrogen and oxygen atoms in total. The molecule has 8 heteroatoms. The summed E-state index contributed by atoms with van der Waals surface area (Å²) in [5.74, 6) is 0.615. The molecule has 0 fully saturated rings. The highest BCUT2D eigenvalue weighted by Crippen LogP contribution is 2.18. The fraction of sp³-hybridized carbons (Fsp3) is 0.583. The summed E-state index contributed by atoms with van der Waals surface area (Å²) in [4.78, 5) is 4.17. The van der Waals surface area contributed by atoms with E-state index in [1.54, 1.807) is 25.4 Å². The van der Waals surface area contributed by atoms with E-state index in [4.69, 9.17) is 0 Å². The monoisotopic (exact) mass is 319 g/mol. The van der Waals surface area contributed by atoms with E-state index in [1.807, 2.05) is 6.92 Å². The lowest BCUT2D eigenvalue weighted by atomic mass is 10.4. The number of aromatic nitrogens is 1. The van der Waals surface area contributed by atoms with Gasteiger partial charge in [0.2, 0.25) is 10.0 Å². The Morgan fingerprint density at radius 1 is 1.45 bits per heavy atom. The lowest BCUT2D eigenvalue weighted by Gasteiger charge is -2.15. The van der Waals surface area contributed by atoms with E-state index in [0.29, 0.717) is 12.4 Å². The number of nitrogens with one attached hydrogen (secondary N) is 2. The molecule has 2 atom stereocenters. The van der Waals surface area contributed by atoms with Crippen LogP contribution in [0.1, 0.15) is 20.3 Å². The van der Waals surface area contributed by atoms with Crippen LogP contribution in [0.3, 0.4) is 0 Å². The molecule has 20 heavy (non-hydrogen) atoms. The average molecular weight is 319 g/mol. The number of hydrogen-bond acceptors (Lipinski definition) is 5. The first-order valence-corrected chi connectivity index (χ1v) is 9.59. The van der Waals surface area contributed by atoms with Crippen molar-refractivity contribution >= 4 is 26.6 Å². The first kappa shape index (κ1) is 17.1. The van der Waals surface area contributed by atoms with Gasteiger partial charge in [-0.3, -0.25) is 4.21 Å². The van der Waals surface area contributed by atoms with Crippen LogP contribution in [0.4, 0.5) is 5.82 Å². The summed E-state index contributed by atoms with van der Waals surface area (Å²) >= 11 is 0. The number of pyridine rings is 1. The molecule has 0 aliphatic heterocycles. The summed E-state index contributed by atoms with van der Waals surface area (Å²) in [5.41, 5.74) is 0. The second kappa shape index (κ2) is 7.70. The molecule has 0 spiro atoms. The van der Waals surface area contributed by atoms with E-state index < -0.39 is 26.9 Å². The maximum Gasteiger partial charge on any atom is 0.244 e. The maximum absolute atomic E-state index is 12.3. The van der Waals surface area contributed by atoms with Crippen molar-refractivity contribution in [3.63, 3.8) is 0 Å². The Morgan fingerprint density at radius 2 is 2.15 bits per heavy atom. The summed E-state index contributed by atoms with van der Waals surface area (Å²) in [5, 5.41) is 2.99. The average Bonchev–Trinajstić information content (AvgIpc) is 2.34.